The second-order valence-corrected chi connectivity index (χ2v) is 3.62. The van der Waals surface area contributed by atoms with Crippen molar-refractivity contribution in [1.29, 1.82) is 0 Å². The first-order valence-electron chi connectivity index (χ1n) is 4.63. The van der Waals surface area contributed by atoms with Gasteiger partial charge in [-0.25, -0.2) is 0 Å². The van der Waals surface area contributed by atoms with Gasteiger partial charge in [-0.2, -0.15) is 9.97 Å². The fraction of sp³-hybridized carbons (Fsp3) is 0.556. The maximum absolute atomic E-state index is 5.85. The normalized spacial score (nSPS) is 16.0. The molecule has 76 valence electrons. The third kappa shape index (κ3) is 1.90. The molecule has 0 saturated carbocycles. The van der Waals surface area contributed by atoms with Crippen LogP contribution >= 0.6 is 11.6 Å². The Kier molecular flexibility index (Phi) is 2.72. The van der Waals surface area contributed by atoms with Crippen molar-refractivity contribution in [1.82, 2.24) is 9.97 Å². The highest BCUT2D eigenvalue weighted by Gasteiger charge is 2.15. The van der Waals surface area contributed by atoms with Crippen molar-refractivity contribution in [3.63, 3.8) is 0 Å². The van der Waals surface area contributed by atoms with E-state index in [4.69, 9.17) is 16.3 Å². The third-order valence-corrected chi connectivity index (χ3v) is 2.47. The third-order valence-electron chi connectivity index (χ3n) is 2.27. The van der Waals surface area contributed by atoms with Gasteiger partial charge in [-0.15, -0.1) is 0 Å². The van der Waals surface area contributed by atoms with Crippen LogP contribution in [0, 0.1) is 0 Å². The zero-order valence-electron chi connectivity index (χ0n) is 8.03. The van der Waals surface area contributed by atoms with Gasteiger partial charge in [-0.1, -0.05) is 11.6 Å². The van der Waals surface area contributed by atoms with Crippen molar-refractivity contribution in [3.8, 4) is 6.01 Å². The SMILES string of the molecule is COc1nc(Cl)cc(N2CCCC2)n1. The predicted octanol–water partition coefficient (Wildman–Crippen LogP) is 1.74. The molecule has 1 fully saturated rings. The summed E-state index contributed by atoms with van der Waals surface area (Å²) in [6, 6.07) is 2.11. The molecule has 1 aromatic rings. The minimum Gasteiger partial charge on any atom is -0.467 e. The molecule has 0 spiro atoms. The van der Waals surface area contributed by atoms with E-state index in [0.717, 1.165) is 18.9 Å². The Labute approximate surface area is 87.9 Å². The van der Waals surface area contributed by atoms with Crippen molar-refractivity contribution in [2.24, 2.45) is 0 Å². The van der Waals surface area contributed by atoms with Gasteiger partial charge in [0, 0.05) is 19.2 Å². The fourth-order valence-electron chi connectivity index (χ4n) is 1.58. The predicted molar refractivity (Wildman–Crippen MR) is 55.0 cm³/mol. The number of rotatable bonds is 2. The second kappa shape index (κ2) is 4.00. The van der Waals surface area contributed by atoms with E-state index in [9.17, 15) is 0 Å². The van der Waals surface area contributed by atoms with Crippen LogP contribution in [0.2, 0.25) is 5.15 Å². The van der Waals surface area contributed by atoms with Gasteiger partial charge in [0.1, 0.15) is 11.0 Å². The quantitative estimate of drug-likeness (QED) is 0.702. The van der Waals surface area contributed by atoms with Gasteiger partial charge in [0.25, 0.3) is 0 Å². The van der Waals surface area contributed by atoms with Crippen LogP contribution in [-0.2, 0) is 0 Å². The Morgan fingerprint density at radius 3 is 2.71 bits per heavy atom. The maximum atomic E-state index is 5.85. The van der Waals surface area contributed by atoms with E-state index < -0.39 is 0 Å². The van der Waals surface area contributed by atoms with Crippen molar-refractivity contribution in [2.45, 2.75) is 12.8 Å². The lowest BCUT2D eigenvalue weighted by atomic mass is 10.4. The van der Waals surface area contributed by atoms with Crippen LogP contribution in [0.15, 0.2) is 6.07 Å². The average Bonchev–Trinajstić information content (AvgIpc) is 2.69. The van der Waals surface area contributed by atoms with Crippen molar-refractivity contribution in [2.75, 3.05) is 25.1 Å². The van der Waals surface area contributed by atoms with E-state index >= 15 is 0 Å². The first-order valence-corrected chi connectivity index (χ1v) is 5.01. The van der Waals surface area contributed by atoms with E-state index in [0.29, 0.717) is 11.2 Å². The second-order valence-electron chi connectivity index (χ2n) is 3.23. The fourth-order valence-corrected chi connectivity index (χ4v) is 1.75. The molecule has 2 rings (SSSR count). The zero-order chi connectivity index (χ0) is 9.97. The largest absolute Gasteiger partial charge is 0.467 e. The minimum atomic E-state index is 0.333. The van der Waals surface area contributed by atoms with E-state index in [1.165, 1.54) is 12.8 Å². The van der Waals surface area contributed by atoms with Crippen LogP contribution in [-0.4, -0.2) is 30.2 Å². The van der Waals surface area contributed by atoms with Gasteiger partial charge >= 0.3 is 6.01 Å². The first kappa shape index (κ1) is 9.52. The highest BCUT2D eigenvalue weighted by Crippen LogP contribution is 2.22. The van der Waals surface area contributed by atoms with E-state index in [2.05, 4.69) is 14.9 Å². The number of nitrogens with zero attached hydrogens (tertiary/aromatic N) is 3. The van der Waals surface area contributed by atoms with E-state index in [1.807, 2.05) is 0 Å². The molecule has 0 aromatic carbocycles. The highest BCUT2D eigenvalue weighted by atomic mass is 35.5. The van der Waals surface area contributed by atoms with Crippen LogP contribution in [0.3, 0.4) is 0 Å². The summed E-state index contributed by atoms with van der Waals surface area (Å²) >= 11 is 5.85. The van der Waals surface area contributed by atoms with Gasteiger partial charge < -0.3 is 9.64 Å². The number of hydrogen-bond acceptors (Lipinski definition) is 4. The Morgan fingerprint density at radius 2 is 2.07 bits per heavy atom. The van der Waals surface area contributed by atoms with Gasteiger partial charge in [0.15, 0.2) is 0 Å². The Bertz CT molecular complexity index is 326. The van der Waals surface area contributed by atoms with Crippen LogP contribution < -0.4 is 9.64 Å². The van der Waals surface area contributed by atoms with Crippen molar-refractivity contribution in [3.05, 3.63) is 11.2 Å². The van der Waals surface area contributed by atoms with Crippen LogP contribution in [0.4, 0.5) is 5.82 Å². The Balaban J connectivity index is 2.27. The number of hydrogen-bond donors (Lipinski definition) is 0. The smallest absolute Gasteiger partial charge is 0.319 e. The number of ether oxygens (including phenoxy) is 1. The minimum absolute atomic E-state index is 0.333. The monoisotopic (exact) mass is 213 g/mol. The lowest BCUT2D eigenvalue weighted by Crippen LogP contribution is -2.19. The number of halogens is 1. The molecule has 1 aliphatic rings. The van der Waals surface area contributed by atoms with Crippen LogP contribution in [0.5, 0.6) is 6.01 Å². The summed E-state index contributed by atoms with van der Waals surface area (Å²) in [7, 11) is 1.54. The molecule has 1 aromatic heterocycles. The molecule has 0 unspecified atom stereocenters. The Morgan fingerprint density at radius 1 is 1.36 bits per heavy atom. The van der Waals surface area contributed by atoms with Gasteiger partial charge in [0.2, 0.25) is 0 Å². The molecule has 4 nitrogen and oxygen atoms in total. The summed E-state index contributed by atoms with van der Waals surface area (Å²) < 4.78 is 4.96. The molecule has 14 heavy (non-hydrogen) atoms. The lowest BCUT2D eigenvalue weighted by Gasteiger charge is -2.16. The summed E-state index contributed by atoms with van der Waals surface area (Å²) in [6.07, 6.45) is 2.42. The lowest BCUT2D eigenvalue weighted by molar-refractivity contribution is 0.380. The molecule has 5 heteroatoms. The molecule has 1 aliphatic heterocycles. The van der Waals surface area contributed by atoms with E-state index in [1.54, 1.807) is 13.2 Å². The summed E-state index contributed by atoms with van der Waals surface area (Å²) in [6.45, 7) is 2.08. The molecule has 0 bridgehead atoms. The number of aromatic nitrogens is 2. The Hall–Kier alpha value is -1.03. The van der Waals surface area contributed by atoms with Gasteiger partial charge in [0.05, 0.1) is 7.11 Å². The molecule has 0 aliphatic carbocycles. The maximum Gasteiger partial charge on any atom is 0.319 e. The highest BCUT2D eigenvalue weighted by molar-refractivity contribution is 6.29. The molecular formula is C9H12ClN3O. The summed E-state index contributed by atoms with van der Waals surface area (Å²) in [5.74, 6) is 0.861. The molecule has 1 saturated heterocycles. The number of methoxy groups -OCH3 is 1. The molecule has 0 N–H and O–H groups in total. The molecule has 2 heterocycles. The summed E-state index contributed by atoms with van der Waals surface area (Å²) in [5.41, 5.74) is 0. The molecule has 0 atom stereocenters. The summed E-state index contributed by atoms with van der Waals surface area (Å²) in [4.78, 5) is 10.4. The van der Waals surface area contributed by atoms with Crippen molar-refractivity contribution >= 4 is 17.4 Å². The zero-order valence-corrected chi connectivity index (χ0v) is 8.79. The van der Waals surface area contributed by atoms with Crippen LogP contribution in [0.1, 0.15) is 12.8 Å². The number of anilines is 1. The average molecular weight is 214 g/mol. The van der Waals surface area contributed by atoms with Gasteiger partial charge in [-0.05, 0) is 12.8 Å². The topological polar surface area (TPSA) is 38.2 Å². The van der Waals surface area contributed by atoms with E-state index in [-0.39, 0.29) is 0 Å². The summed E-state index contributed by atoms with van der Waals surface area (Å²) in [5, 5.41) is 0.429. The van der Waals surface area contributed by atoms with Crippen molar-refractivity contribution < 1.29 is 4.74 Å². The van der Waals surface area contributed by atoms with Crippen LogP contribution in [0.25, 0.3) is 0 Å². The molecule has 0 radical (unpaired) electrons. The first-order chi connectivity index (χ1) is 6.79. The molecular weight excluding hydrogens is 202 g/mol. The standard InChI is InChI=1S/C9H12ClN3O/c1-14-9-11-7(10)6-8(12-9)13-4-2-3-5-13/h6H,2-5H2,1H3. The van der Waals surface area contributed by atoms with Gasteiger partial charge in [-0.3, -0.25) is 0 Å². The molecule has 0 amide bonds.